The van der Waals surface area contributed by atoms with Crippen molar-refractivity contribution < 1.29 is 14.6 Å². The van der Waals surface area contributed by atoms with Gasteiger partial charge in [0, 0.05) is 13.1 Å². The average Bonchev–Trinajstić information content (AvgIpc) is 2.08. The maximum Gasteiger partial charge on any atom is 0.410 e. The molecule has 1 N–H and O–H groups in total. The predicted octanol–water partition coefficient (Wildman–Crippen LogP) is 2.40. The Kier molecular flexibility index (Phi) is 6.41. The molecule has 4 heteroatoms. The van der Waals surface area contributed by atoms with Crippen LogP contribution in [-0.2, 0) is 4.74 Å². The quantitative estimate of drug-likeness (QED) is 0.790. The van der Waals surface area contributed by atoms with E-state index in [2.05, 4.69) is 6.92 Å². The first-order valence-electron chi connectivity index (χ1n) is 5.92. The zero-order valence-electron chi connectivity index (χ0n) is 11.1. The largest absolute Gasteiger partial charge is 0.444 e. The van der Waals surface area contributed by atoms with Crippen molar-refractivity contribution in [3.05, 3.63) is 0 Å². The Bertz CT molecular complexity index is 209. The number of hydrogen-bond acceptors (Lipinski definition) is 3. The molecule has 1 amide bonds. The second-order valence-corrected chi connectivity index (χ2v) is 5.13. The van der Waals surface area contributed by atoms with Crippen LogP contribution in [0.4, 0.5) is 4.79 Å². The minimum absolute atomic E-state index is 0.328. The average molecular weight is 231 g/mol. The van der Waals surface area contributed by atoms with E-state index in [4.69, 9.17) is 4.74 Å². The van der Waals surface area contributed by atoms with E-state index >= 15 is 0 Å². The number of nitrogens with zero attached hydrogens (tertiary/aromatic N) is 1. The molecule has 0 aliphatic heterocycles. The SMILES string of the molecule is CCCCN(CC(C)O)C(=O)OC(C)(C)C. The van der Waals surface area contributed by atoms with Crippen molar-refractivity contribution >= 4 is 6.09 Å². The molecule has 0 bridgehead atoms. The molecular weight excluding hydrogens is 206 g/mol. The molecule has 0 radical (unpaired) electrons. The topological polar surface area (TPSA) is 49.8 Å². The molecule has 0 fully saturated rings. The molecular formula is C12H25NO3. The van der Waals surface area contributed by atoms with Gasteiger partial charge in [-0.3, -0.25) is 0 Å². The van der Waals surface area contributed by atoms with Crippen molar-refractivity contribution in [3.8, 4) is 0 Å². The lowest BCUT2D eigenvalue weighted by molar-refractivity contribution is 0.0159. The van der Waals surface area contributed by atoms with E-state index in [1.165, 1.54) is 0 Å². The number of aliphatic hydroxyl groups excluding tert-OH is 1. The number of unbranched alkanes of at least 4 members (excludes halogenated alkanes) is 1. The van der Waals surface area contributed by atoms with E-state index in [0.717, 1.165) is 12.8 Å². The van der Waals surface area contributed by atoms with Crippen LogP contribution in [0.2, 0.25) is 0 Å². The summed E-state index contributed by atoms with van der Waals surface area (Å²) in [4.78, 5) is 13.4. The van der Waals surface area contributed by atoms with Gasteiger partial charge in [-0.1, -0.05) is 13.3 Å². The summed E-state index contributed by atoms with van der Waals surface area (Å²) in [6.07, 6.45) is 1.07. The summed E-state index contributed by atoms with van der Waals surface area (Å²) in [5.41, 5.74) is -0.486. The normalized spacial score (nSPS) is 13.4. The van der Waals surface area contributed by atoms with E-state index < -0.39 is 11.7 Å². The number of amides is 1. The number of carbonyl (C=O) groups excluding carboxylic acids is 1. The van der Waals surface area contributed by atoms with Crippen molar-refractivity contribution in [2.24, 2.45) is 0 Å². The summed E-state index contributed by atoms with van der Waals surface area (Å²) in [5.74, 6) is 0. The molecule has 96 valence electrons. The maximum atomic E-state index is 11.8. The van der Waals surface area contributed by atoms with Crippen LogP contribution in [0.1, 0.15) is 47.5 Å². The summed E-state index contributed by atoms with van der Waals surface area (Å²) in [6, 6.07) is 0. The molecule has 0 aliphatic rings. The Balaban J connectivity index is 4.31. The third-order valence-corrected chi connectivity index (χ3v) is 1.92. The van der Waals surface area contributed by atoms with Crippen molar-refractivity contribution in [1.29, 1.82) is 0 Å². The van der Waals surface area contributed by atoms with Crippen molar-refractivity contribution in [3.63, 3.8) is 0 Å². The van der Waals surface area contributed by atoms with Gasteiger partial charge in [0.25, 0.3) is 0 Å². The van der Waals surface area contributed by atoms with Gasteiger partial charge < -0.3 is 14.7 Å². The van der Waals surface area contributed by atoms with Crippen LogP contribution in [0, 0.1) is 0 Å². The van der Waals surface area contributed by atoms with Crippen LogP contribution >= 0.6 is 0 Å². The van der Waals surface area contributed by atoms with Crippen molar-refractivity contribution in [2.75, 3.05) is 13.1 Å². The molecule has 0 saturated heterocycles. The molecule has 0 aromatic heterocycles. The summed E-state index contributed by atoms with van der Waals surface area (Å²) < 4.78 is 5.27. The predicted molar refractivity (Wildman–Crippen MR) is 64.4 cm³/mol. The van der Waals surface area contributed by atoms with Gasteiger partial charge in [-0.25, -0.2) is 4.79 Å². The Morgan fingerprint density at radius 2 is 2.00 bits per heavy atom. The van der Waals surface area contributed by atoms with Gasteiger partial charge in [0.15, 0.2) is 0 Å². The minimum Gasteiger partial charge on any atom is -0.444 e. The van der Waals surface area contributed by atoms with Crippen LogP contribution in [0.5, 0.6) is 0 Å². The third-order valence-electron chi connectivity index (χ3n) is 1.92. The molecule has 4 nitrogen and oxygen atoms in total. The molecule has 0 aliphatic carbocycles. The fourth-order valence-corrected chi connectivity index (χ4v) is 1.25. The summed E-state index contributed by atoms with van der Waals surface area (Å²) in [5, 5.41) is 9.32. The Hall–Kier alpha value is -0.770. The zero-order valence-corrected chi connectivity index (χ0v) is 11.1. The monoisotopic (exact) mass is 231 g/mol. The summed E-state index contributed by atoms with van der Waals surface area (Å²) >= 11 is 0. The van der Waals surface area contributed by atoms with E-state index in [9.17, 15) is 9.90 Å². The maximum absolute atomic E-state index is 11.8. The Labute approximate surface area is 98.6 Å². The van der Waals surface area contributed by atoms with E-state index in [0.29, 0.717) is 13.1 Å². The van der Waals surface area contributed by atoms with Gasteiger partial charge in [0.05, 0.1) is 6.10 Å². The number of carbonyl (C=O) groups is 1. The van der Waals surface area contributed by atoms with E-state index in [-0.39, 0.29) is 6.09 Å². The highest BCUT2D eigenvalue weighted by Gasteiger charge is 2.22. The molecule has 0 rings (SSSR count). The second-order valence-electron chi connectivity index (χ2n) is 5.13. The van der Waals surface area contributed by atoms with Crippen LogP contribution < -0.4 is 0 Å². The van der Waals surface area contributed by atoms with Gasteiger partial charge in [-0.2, -0.15) is 0 Å². The van der Waals surface area contributed by atoms with Gasteiger partial charge in [0.1, 0.15) is 5.60 Å². The molecule has 0 aromatic rings. The van der Waals surface area contributed by atoms with Gasteiger partial charge in [-0.05, 0) is 34.1 Å². The number of aliphatic hydroxyl groups is 1. The molecule has 0 saturated carbocycles. The zero-order chi connectivity index (χ0) is 12.8. The summed E-state index contributed by atoms with van der Waals surface area (Å²) in [6.45, 7) is 10.2. The standard InChI is InChI=1S/C12H25NO3/c1-6-7-8-13(9-10(2)14)11(15)16-12(3,4)5/h10,14H,6-9H2,1-5H3. The fourth-order valence-electron chi connectivity index (χ4n) is 1.25. The third kappa shape index (κ3) is 7.51. The summed E-state index contributed by atoms with van der Waals surface area (Å²) in [7, 11) is 0. The van der Waals surface area contributed by atoms with Crippen LogP contribution in [0.25, 0.3) is 0 Å². The molecule has 16 heavy (non-hydrogen) atoms. The highest BCUT2D eigenvalue weighted by atomic mass is 16.6. The molecule has 0 heterocycles. The van der Waals surface area contributed by atoms with Crippen LogP contribution in [0.3, 0.4) is 0 Å². The molecule has 1 atom stereocenters. The molecule has 0 spiro atoms. The number of ether oxygens (including phenoxy) is 1. The van der Waals surface area contributed by atoms with Crippen LogP contribution in [-0.4, -0.2) is 40.9 Å². The Morgan fingerprint density at radius 3 is 2.38 bits per heavy atom. The first kappa shape index (κ1) is 15.2. The molecule has 1 unspecified atom stereocenters. The molecule has 0 aromatic carbocycles. The minimum atomic E-state index is -0.524. The van der Waals surface area contributed by atoms with Crippen molar-refractivity contribution in [2.45, 2.75) is 59.2 Å². The van der Waals surface area contributed by atoms with Crippen molar-refractivity contribution in [1.82, 2.24) is 4.90 Å². The van der Waals surface area contributed by atoms with Gasteiger partial charge in [0.2, 0.25) is 0 Å². The lowest BCUT2D eigenvalue weighted by Gasteiger charge is -2.28. The first-order chi connectivity index (χ1) is 7.26. The van der Waals surface area contributed by atoms with Gasteiger partial charge in [-0.15, -0.1) is 0 Å². The van der Waals surface area contributed by atoms with Crippen LogP contribution in [0.15, 0.2) is 0 Å². The Morgan fingerprint density at radius 1 is 1.44 bits per heavy atom. The highest BCUT2D eigenvalue weighted by Crippen LogP contribution is 2.11. The lowest BCUT2D eigenvalue weighted by Crippen LogP contribution is -2.40. The van der Waals surface area contributed by atoms with Gasteiger partial charge >= 0.3 is 6.09 Å². The first-order valence-corrected chi connectivity index (χ1v) is 5.92. The second kappa shape index (κ2) is 6.74. The highest BCUT2D eigenvalue weighted by molar-refractivity contribution is 5.68. The number of hydrogen-bond donors (Lipinski definition) is 1. The fraction of sp³-hybridized carbons (Fsp3) is 0.917. The van der Waals surface area contributed by atoms with E-state index in [1.54, 1.807) is 11.8 Å². The van der Waals surface area contributed by atoms with E-state index in [1.807, 2.05) is 20.8 Å². The smallest absolute Gasteiger partial charge is 0.410 e. The number of rotatable bonds is 5. The lowest BCUT2D eigenvalue weighted by atomic mass is 10.2.